The van der Waals surface area contributed by atoms with Gasteiger partial charge in [0.15, 0.2) is 0 Å². The normalized spacial score (nSPS) is 27.8. The van der Waals surface area contributed by atoms with Crippen LogP contribution in [0.15, 0.2) is 48.5 Å². The average molecular weight is 396 g/mol. The van der Waals surface area contributed by atoms with E-state index in [1.807, 2.05) is 36.4 Å². The van der Waals surface area contributed by atoms with Crippen molar-refractivity contribution < 1.29 is 9.13 Å². The largest absolute Gasteiger partial charge is 0.493 e. The third-order valence-corrected chi connectivity index (χ3v) is 6.24. The Morgan fingerprint density at radius 2 is 1.77 bits per heavy atom. The number of fused-ring (bicyclic) bond motifs is 2. The Morgan fingerprint density at radius 3 is 2.46 bits per heavy atom. The van der Waals surface area contributed by atoms with Crippen molar-refractivity contribution in [1.29, 1.82) is 0 Å². The van der Waals surface area contributed by atoms with Gasteiger partial charge < -0.3 is 9.64 Å². The summed E-state index contributed by atoms with van der Waals surface area (Å²) >= 11 is 5.95. The van der Waals surface area contributed by atoms with E-state index in [0.29, 0.717) is 35.5 Å². The Labute approximate surface area is 165 Å². The van der Waals surface area contributed by atoms with E-state index in [4.69, 9.17) is 16.3 Å². The lowest BCUT2D eigenvalue weighted by Gasteiger charge is -2.43. The number of hydrogen-bond acceptors (Lipinski definition) is 2. The van der Waals surface area contributed by atoms with Crippen LogP contribution in [-0.4, -0.2) is 30.6 Å². The van der Waals surface area contributed by atoms with E-state index in [2.05, 4.69) is 11.9 Å². The Morgan fingerprint density at radius 1 is 1.08 bits per heavy atom. The summed E-state index contributed by atoms with van der Waals surface area (Å²) in [5.41, 5.74) is 1.23. The molecule has 0 radical (unpaired) electrons. The monoisotopic (exact) mass is 395 g/mol. The summed E-state index contributed by atoms with van der Waals surface area (Å²) in [5, 5.41) is 0.715. The molecule has 2 nitrogen and oxygen atoms in total. The summed E-state index contributed by atoms with van der Waals surface area (Å²) in [4.78, 5) is 2.52. The van der Waals surface area contributed by atoms with Crippen LogP contribution in [0.5, 0.6) is 5.75 Å². The van der Waals surface area contributed by atoms with Crippen LogP contribution in [0.3, 0.4) is 0 Å². The Kier molecular flexibility index (Phi) is 6.11. The topological polar surface area (TPSA) is 12.5 Å². The molecule has 2 aliphatic rings. The van der Waals surface area contributed by atoms with E-state index in [1.54, 1.807) is 12.1 Å². The van der Waals surface area contributed by atoms with Crippen LogP contribution in [0.2, 0.25) is 5.02 Å². The molecule has 0 aromatic heterocycles. The predicted octanol–water partition coefficient (Wildman–Crippen LogP) is 5.55. The molecule has 2 aromatic carbocycles. The van der Waals surface area contributed by atoms with Gasteiger partial charge in [-0.05, 0) is 74.2 Å². The van der Waals surface area contributed by atoms with E-state index in [-0.39, 0.29) is 18.2 Å². The van der Waals surface area contributed by atoms with E-state index >= 15 is 0 Å². The van der Waals surface area contributed by atoms with Gasteiger partial charge in [0.2, 0.25) is 0 Å². The quantitative estimate of drug-likeness (QED) is 0.672. The lowest BCUT2D eigenvalue weighted by Crippen LogP contribution is -2.47. The summed E-state index contributed by atoms with van der Waals surface area (Å²) in [6, 6.07) is 15.7. The van der Waals surface area contributed by atoms with Gasteiger partial charge in [0, 0.05) is 23.0 Å². The highest BCUT2D eigenvalue weighted by atomic mass is 35.5. The van der Waals surface area contributed by atoms with Crippen molar-refractivity contribution in [3.63, 3.8) is 0 Å². The van der Waals surface area contributed by atoms with Crippen LogP contribution in [0, 0.1) is 11.7 Å². The first-order chi connectivity index (χ1) is 12.1. The molecular weight excluding hydrogens is 372 g/mol. The molecule has 4 rings (SSSR count). The number of halogens is 3. The maximum atomic E-state index is 13.3. The molecule has 5 heteroatoms. The molecule has 2 heterocycles. The number of piperidine rings is 1. The van der Waals surface area contributed by atoms with Gasteiger partial charge in [0.1, 0.15) is 11.6 Å². The van der Waals surface area contributed by atoms with Crippen molar-refractivity contribution in [3.05, 3.63) is 64.9 Å². The number of ether oxygens (including phenoxy) is 1. The Hall–Kier alpha value is -1.29. The first-order valence-corrected chi connectivity index (χ1v) is 9.35. The van der Waals surface area contributed by atoms with Gasteiger partial charge in [-0.3, -0.25) is 0 Å². The van der Waals surface area contributed by atoms with E-state index in [9.17, 15) is 4.39 Å². The van der Waals surface area contributed by atoms with Crippen LogP contribution < -0.4 is 4.74 Å². The molecule has 0 aliphatic carbocycles. The summed E-state index contributed by atoms with van der Waals surface area (Å²) in [6.07, 6.45) is 3.58. The predicted molar refractivity (Wildman–Crippen MR) is 106 cm³/mol. The molecule has 140 valence electrons. The van der Waals surface area contributed by atoms with E-state index < -0.39 is 0 Å². The zero-order valence-electron chi connectivity index (χ0n) is 14.8. The van der Waals surface area contributed by atoms with Crippen LogP contribution in [0.4, 0.5) is 4.39 Å². The number of hydrogen-bond donors (Lipinski definition) is 0. The third-order valence-electron chi connectivity index (χ3n) is 5.99. The van der Waals surface area contributed by atoms with Crippen LogP contribution in [0.25, 0.3) is 0 Å². The molecule has 2 fully saturated rings. The molecule has 0 unspecified atom stereocenters. The molecule has 0 amide bonds. The molecule has 4 atom stereocenters. The first kappa shape index (κ1) is 19.5. The number of benzene rings is 2. The highest BCUT2D eigenvalue weighted by Gasteiger charge is 2.46. The number of nitrogens with zero attached hydrogens (tertiary/aromatic N) is 1. The fourth-order valence-electron chi connectivity index (χ4n) is 4.62. The lowest BCUT2D eigenvalue weighted by molar-refractivity contribution is 0.0665. The highest BCUT2D eigenvalue weighted by Crippen LogP contribution is 2.46. The minimum absolute atomic E-state index is 0. The van der Waals surface area contributed by atoms with Crippen molar-refractivity contribution in [2.45, 2.75) is 37.3 Å². The van der Waals surface area contributed by atoms with Gasteiger partial charge in [0.25, 0.3) is 0 Å². The Balaban J connectivity index is 0.00000196. The summed E-state index contributed by atoms with van der Waals surface area (Å²) in [7, 11) is 2.23. The standard InChI is InChI=1S/C21H23ClFNO.ClH/c1-24-17-8-11-21(24)20(13-25-18-9-4-15(22)5-10-18)19(12-17)14-2-6-16(23)7-3-14;/h2-7,9-10,17,19-21H,8,11-13H2,1H3;1H/t17-,19+,20+,21+;/m0./s1. The minimum atomic E-state index is -0.173. The van der Waals surface area contributed by atoms with Crippen molar-refractivity contribution in [2.75, 3.05) is 13.7 Å². The van der Waals surface area contributed by atoms with Crippen LogP contribution in [0.1, 0.15) is 30.7 Å². The zero-order valence-corrected chi connectivity index (χ0v) is 16.3. The summed E-state index contributed by atoms with van der Waals surface area (Å²) < 4.78 is 19.5. The molecule has 2 aliphatic heterocycles. The molecule has 2 bridgehead atoms. The van der Waals surface area contributed by atoms with Gasteiger partial charge in [-0.15, -0.1) is 12.4 Å². The second kappa shape index (κ2) is 8.16. The lowest BCUT2D eigenvalue weighted by atomic mass is 9.76. The average Bonchev–Trinajstić information content (AvgIpc) is 2.86. The fourth-order valence-corrected chi connectivity index (χ4v) is 4.75. The smallest absolute Gasteiger partial charge is 0.123 e. The fraction of sp³-hybridized carbons (Fsp3) is 0.429. The molecule has 2 aromatic rings. The van der Waals surface area contributed by atoms with Crippen molar-refractivity contribution in [3.8, 4) is 5.75 Å². The SMILES string of the molecule is CN1[C@H]2CC[C@@H]1[C@H](COc1ccc(Cl)cc1)[C@@H](c1ccc(F)cc1)C2.Cl. The molecule has 0 spiro atoms. The second-order valence-electron chi connectivity index (χ2n) is 7.29. The number of rotatable bonds is 4. The van der Waals surface area contributed by atoms with Crippen LogP contribution >= 0.6 is 24.0 Å². The van der Waals surface area contributed by atoms with Crippen LogP contribution in [-0.2, 0) is 0 Å². The van der Waals surface area contributed by atoms with Gasteiger partial charge in [-0.1, -0.05) is 23.7 Å². The maximum absolute atomic E-state index is 13.3. The zero-order chi connectivity index (χ0) is 17.4. The molecule has 0 N–H and O–H groups in total. The second-order valence-corrected chi connectivity index (χ2v) is 7.72. The molecular formula is C21H24Cl2FNO. The molecule has 2 saturated heterocycles. The van der Waals surface area contributed by atoms with Gasteiger partial charge in [0.05, 0.1) is 6.61 Å². The first-order valence-electron chi connectivity index (χ1n) is 8.97. The van der Waals surface area contributed by atoms with Gasteiger partial charge in [-0.25, -0.2) is 4.39 Å². The Bertz CT molecular complexity index is 722. The summed E-state index contributed by atoms with van der Waals surface area (Å²) in [6.45, 7) is 0.672. The molecule has 0 saturated carbocycles. The van der Waals surface area contributed by atoms with E-state index in [1.165, 1.54) is 18.4 Å². The maximum Gasteiger partial charge on any atom is 0.123 e. The highest BCUT2D eigenvalue weighted by molar-refractivity contribution is 6.30. The van der Waals surface area contributed by atoms with Gasteiger partial charge in [-0.2, -0.15) is 0 Å². The van der Waals surface area contributed by atoms with E-state index in [0.717, 1.165) is 12.2 Å². The van der Waals surface area contributed by atoms with Crippen molar-refractivity contribution >= 4 is 24.0 Å². The van der Waals surface area contributed by atoms with Crippen molar-refractivity contribution in [1.82, 2.24) is 4.90 Å². The van der Waals surface area contributed by atoms with Crippen molar-refractivity contribution in [2.24, 2.45) is 5.92 Å². The molecule has 26 heavy (non-hydrogen) atoms. The van der Waals surface area contributed by atoms with Gasteiger partial charge >= 0.3 is 0 Å². The minimum Gasteiger partial charge on any atom is -0.493 e. The third kappa shape index (κ3) is 3.85. The summed E-state index contributed by atoms with van der Waals surface area (Å²) in [5.74, 6) is 1.50.